The lowest BCUT2D eigenvalue weighted by Crippen LogP contribution is -2.29. The molecule has 1 aliphatic heterocycles. The highest BCUT2D eigenvalue weighted by Gasteiger charge is 2.48. The van der Waals surface area contributed by atoms with Crippen molar-refractivity contribution in [3.63, 3.8) is 0 Å². The molecule has 8 nitrogen and oxygen atoms in total. The number of carbonyl (C=O) groups excluding carboxylic acids is 2. The Kier molecular flexibility index (Phi) is 7.75. The maximum atomic E-state index is 13.8. The highest BCUT2D eigenvalue weighted by Crippen LogP contribution is 2.45. The number of carbonyl (C=O) groups is 2. The van der Waals surface area contributed by atoms with E-state index < -0.39 is 17.7 Å². The number of imidazole rings is 1. The second-order valence-electron chi connectivity index (χ2n) is 11.0. The first-order valence-corrected chi connectivity index (χ1v) is 15.5. The number of unbranched alkanes of at least 4 members (excludes halogenated alkanes) is 3. The third-order valence-corrected chi connectivity index (χ3v) is 8.97. The van der Waals surface area contributed by atoms with Crippen molar-refractivity contribution in [2.45, 2.75) is 59.4 Å². The van der Waals surface area contributed by atoms with Gasteiger partial charge in [-0.3, -0.25) is 14.5 Å². The Morgan fingerprint density at radius 1 is 1.00 bits per heavy atom. The fourth-order valence-corrected chi connectivity index (χ4v) is 6.70. The number of fused-ring (bicyclic) bond motifs is 2. The summed E-state index contributed by atoms with van der Waals surface area (Å²) in [6.45, 7) is 8.57. The zero-order valence-electron chi connectivity index (χ0n) is 24.8. The zero-order valence-corrected chi connectivity index (χ0v) is 25.6. The largest absolute Gasteiger partial charge is 0.505 e. The molecule has 1 fully saturated rings. The van der Waals surface area contributed by atoms with Gasteiger partial charge in [0.05, 0.1) is 34.1 Å². The van der Waals surface area contributed by atoms with E-state index >= 15 is 0 Å². The minimum absolute atomic E-state index is 0.0159. The Morgan fingerprint density at radius 3 is 2.53 bits per heavy atom. The molecule has 1 aliphatic rings. The molecule has 1 amide bonds. The van der Waals surface area contributed by atoms with Gasteiger partial charge in [0.2, 0.25) is 0 Å². The van der Waals surface area contributed by atoms with E-state index in [4.69, 9.17) is 14.7 Å². The number of aliphatic hydroxyl groups excluding tert-OH is 1. The minimum Gasteiger partial charge on any atom is -0.505 e. The topological polar surface area (TPSA) is 97.0 Å². The zero-order chi connectivity index (χ0) is 30.2. The van der Waals surface area contributed by atoms with Crippen LogP contribution < -0.4 is 9.64 Å². The molecule has 1 saturated heterocycles. The number of aromatic nitrogens is 3. The van der Waals surface area contributed by atoms with Gasteiger partial charge in [0, 0.05) is 6.20 Å². The Labute approximate surface area is 254 Å². The molecule has 43 heavy (non-hydrogen) atoms. The van der Waals surface area contributed by atoms with Gasteiger partial charge in [-0.05, 0) is 74.2 Å². The number of rotatable bonds is 9. The normalized spacial score (nSPS) is 16.6. The molecule has 0 bridgehead atoms. The number of thiazole rings is 1. The molecule has 1 unspecified atom stereocenters. The molecule has 220 valence electrons. The summed E-state index contributed by atoms with van der Waals surface area (Å²) in [5.41, 5.74) is 5.00. The molecular formula is C34H34N4O4S. The van der Waals surface area contributed by atoms with Gasteiger partial charge in [-0.1, -0.05) is 61.8 Å². The number of benzene rings is 2. The van der Waals surface area contributed by atoms with Crippen LogP contribution >= 0.6 is 11.3 Å². The molecule has 1 N–H and O–H groups in total. The molecule has 0 saturated carbocycles. The monoisotopic (exact) mass is 594 g/mol. The second kappa shape index (κ2) is 11.6. The van der Waals surface area contributed by atoms with Gasteiger partial charge in [0.1, 0.15) is 17.1 Å². The highest BCUT2D eigenvalue weighted by atomic mass is 32.1. The Morgan fingerprint density at radius 2 is 1.79 bits per heavy atom. The van der Waals surface area contributed by atoms with E-state index in [1.165, 1.54) is 22.7 Å². The Bertz CT molecular complexity index is 1890. The van der Waals surface area contributed by atoms with Crippen molar-refractivity contribution in [3.05, 3.63) is 94.4 Å². The molecule has 4 heterocycles. The Balaban J connectivity index is 1.46. The van der Waals surface area contributed by atoms with Gasteiger partial charge in [0.25, 0.3) is 5.78 Å². The van der Waals surface area contributed by atoms with Crippen LogP contribution in [0.5, 0.6) is 5.75 Å². The maximum absolute atomic E-state index is 13.8. The summed E-state index contributed by atoms with van der Waals surface area (Å²) in [4.78, 5) is 38.3. The summed E-state index contributed by atoms with van der Waals surface area (Å²) >= 11 is 1.35. The third kappa shape index (κ3) is 5.18. The van der Waals surface area contributed by atoms with Crippen molar-refractivity contribution in [1.82, 2.24) is 14.4 Å². The van der Waals surface area contributed by atoms with Crippen LogP contribution in [0.2, 0.25) is 0 Å². The third-order valence-electron chi connectivity index (χ3n) is 7.95. The first kappa shape index (κ1) is 28.6. The van der Waals surface area contributed by atoms with Gasteiger partial charge in [-0.25, -0.2) is 9.97 Å². The first-order chi connectivity index (χ1) is 20.8. The average Bonchev–Trinajstić information content (AvgIpc) is 3.65. The number of amides is 1. The fourth-order valence-electron chi connectivity index (χ4n) is 5.61. The fraction of sp³-hybridized carbons (Fsp3) is 0.294. The number of aryl methyl sites for hydroxylation is 3. The number of ketones is 1. The summed E-state index contributed by atoms with van der Waals surface area (Å²) in [6, 6.07) is 16.2. The molecule has 2 aromatic carbocycles. The van der Waals surface area contributed by atoms with Crippen molar-refractivity contribution < 1.29 is 19.4 Å². The number of aliphatic hydroxyl groups is 1. The molecule has 1 atom stereocenters. The van der Waals surface area contributed by atoms with Crippen LogP contribution in [0.1, 0.15) is 66.7 Å². The molecule has 0 spiro atoms. The van der Waals surface area contributed by atoms with Crippen LogP contribution in [0, 0.1) is 20.8 Å². The van der Waals surface area contributed by atoms with E-state index in [-0.39, 0.29) is 17.0 Å². The smallest absolute Gasteiger partial charge is 0.301 e. The van der Waals surface area contributed by atoms with Crippen LogP contribution in [0.4, 0.5) is 5.13 Å². The van der Waals surface area contributed by atoms with E-state index in [1.807, 2.05) is 86.0 Å². The summed E-state index contributed by atoms with van der Waals surface area (Å²) in [6.07, 6.45) is 6.30. The molecule has 3 aromatic heterocycles. The highest BCUT2D eigenvalue weighted by molar-refractivity contribution is 7.22. The van der Waals surface area contributed by atoms with Crippen molar-refractivity contribution in [1.29, 1.82) is 0 Å². The lowest BCUT2D eigenvalue weighted by molar-refractivity contribution is -0.132. The molecule has 6 rings (SSSR count). The van der Waals surface area contributed by atoms with Crippen molar-refractivity contribution in [2.75, 3.05) is 11.5 Å². The van der Waals surface area contributed by atoms with Crippen LogP contribution in [-0.2, 0) is 9.59 Å². The minimum atomic E-state index is -0.898. The van der Waals surface area contributed by atoms with Crippen LogP contribution in [0.25, 0.3) is 21.6 Å². The van der Waals surface area contributed by atoms with E-state index in [0.29, 0.717) is 34.4 Å². The molecule has 9 heteroatoms. The summed E-state index contributed by atoms with van der Waals surface area (Å²) < 4.78 is 8.73. The Hall–Kier alpha value is -4.50. The number of ether oxygens (including phenoxy) is 1. The number of hydrogen-bond acceptors (Lipinski definition) is 7. The molecular weight excluding hydrogens is 560 g/mol. The van der Waals surface area contributed by atoms with Gasteiger partial charge >= 0.3 is 5.91 Å². The standard InChI is InChI=1S/C34H34N4O4S/c1-5-6-7-8-18-42-24-14-12-23(13-15-24)29-27(30(39)28-22(4)37-17-9-10-21(3)32(37)36-28)31(40)33(41)38(29)34-35-25-16-11-20(2)19-26(25)43-34/h9-17,19,29,39H,5-8,18H2,1-4H3/b30-27+. The van der Waals surface area contributed by atoms with Crippen molar-refractivity contribution >= 4 is 49.8 Å². The predicted octanol–water partition coefficient (Wildman–Crippen LogP) is 7.45. The second-order valence-corrected chi connectivity index (χ2v) is 12.1. The number of nitrogens with zero attached hydrogens (tertiary/aromatic N) is 4. The number of pyridine rings is 1. The average molecular weight is 595 g/mol. The summed E-state index contributed by atoms with van der Waals surface area (Å²) in [5, 5.41) is 12.2. The molecule has 0 radical (unpaired) electrons. The molecule has 0 aliphatic carbocycles. The molecule has 5 aromatic rings. The van der Waals surface area contributed by atoms with E-state index in [0.717, 1.165) is 40.6 Å². The summed E-state index contributed by atoms with van der Waals surface area (Å²) in [5.74, 6) is -1.11. The van der Waals surface area contributed by atoms with E-state index in [9.17, 15) is 14.7 Å². The van der Waals surface area contributed by atoms with Crippen LogP contribution in [0.15, 0.2) is 66.4 Å². The maximum Gasteiger partial charge on any atom is 0.301 e. The van der Waals surface area contributed by atoms with Crippen LogP contribution in [-0.4, -0.2) is 37.8 Å². The van der Waals surface area contributed by atoms with Crippen LogP contribution in [0.3, 0.4) is 0 Å². The van der Waals surface area contributed by atoms with Gasteiger partial charge in [0.15, 0.2) is 10.9 Å². The van der Waals surface area contributed by atoms with Gasteiger partial charge in [-0.2, -0.15) is 0 Å². The lowest BCUT2D eigenvalue weighted by atomic mass is 9.96. The first-order valence-electron chi connectivity index (χ1n) is 14.6. The number of hydrogen-bond donors (Lipinski definition) is 1. The quantitative estimate of drug-likeness (QED) is 0.0824. The van der Waals surface area contributed by atoms with Gasteiger partial charge in [-0.15, -0.1) is 0 Å². The number of Topliss-reactive ketones (excluding diaryl/α,β-unsaturated/α-hetero) is 1. The SMILES string of the molecule is CCCCCCOc1ccc(C2/C(=C(\O)c3nc4c(C)cccn4c3C)C(=O)C(=O)N2c2nc3ccc(C)cc3s2)cc1. The van der Waals surface area contributed by atoms with Gasteiger partial charge < -0.3 is 14.2 Å². The van der Waals surface area contributed by atoms with E-state index in [1.54, 1.807) is 0 Å². The van der Waals surface area contributed by atoms with Crippen molar-refractivity contribution in [3.8, 4) is 5.75 Å². The number of anilines is 1. The van der Waals surface area contributed by atoms with E-state index in [2.05, 4.69) is 6.92 Å². The van der Waals surface area contributed by atoms with Crippen molar-refractivity contribution in [2.24, 2.45) is 0 Å². The lowest BCUT2D eigenvalue weighted by Gasteiger charge is -2.23. The summed E-state index contributed by atoms with van der Waals surface area (Å²) in [7, 11) is 0. The predicted molar refractivity (Wildman–Crippen MR) is 170 cm³/mol.